The zero-order valence-corrected chi connectivity index (χ0v) is 15.0. The normalized spacial score (nSPS) is 15.9. The summed E-state index contributed by atoms with van der Waals surface area (Å²) >= 11 is 5.76. The minimum atomic E-state index is -0.887. The standard InChI is InChI=1S/C18H23ClN2O4/c1-12(17(23)21-15-5-3-2-4-6-15)25-16(22)11-20-18(24)13-7-9-14(19)10-8-13/h7-10,12,15H,2-6,11H2,1H3,(H,20,24)(H,21,23)/t12-/m0/s1. The first-order valence-electron chi connectivity index (χ1n) is 8.49. The van der Waals surface area contributed by atoms with Gasteiger partial charge in [0.25, 0.3) is 11.8 Å². The van der Waals surface area contributed by atoms with Crippen LogP contribution in [0.15, 0.2) is 24.3 Å². The van der Waals surface area contributed by atoms with Crippen LogP contribution >= 0.6 is 11.6 Å². The summed E-state index contributed by atoms with van der Waals surface area (Å²) in [6.07, 6.45) is 4.45. The SMILES string of the molecule is C[C@H](OC(=O)CNC(=O)c1ccc(Cl)cc1)C(=O)NC1CCCCC1. The molecule has 1 aliphatic carbocycles. The molecule has 1 aliphatic rings. The molecule has 0 aromatic heterocycles. The molecule has 1 atom stereocenters. The van der Waals surface area contributed by atoms with E-state index in [0.29, 0.717) is 10.6 Å². The molecule has 0 unspecified atom stereocenters. The fraction of sp³-hybridized carbons (Fsp3) is 0.500. The van der Waals surface area contributed by atoms with Crippen molar-refractivity contribution in [1.29, 1.82) is 0 Å². The van der Waals surface area contributed by atoms with Gasteiger partial charge in [0.15, 0.2) is 6.10 Å². The average molecular weight is 367 g/mol. The molecule has 136 valence electrons. The van der Waals surface area contributed by atoms with Gasteiger partial charge in [-0.3, -0.25) is 14.4 Å². The average Bonchev–Trinajstić information content (AvgIpc) is 2.61. The van der Waals surface area contributed by atoms with Crippen molar-refractivity contribution in [3.63, 3.8) is 0 Å². The quantitative estimate of drug-likeness (QED) is 0.757. The van der Waals surface area contributed by atoms with E-state index in [4.69, 9.17) is 16.3 Å². The first-order chi connectivity index (χ1) is 12.0. The van der Waals surface area contributed by atoms with Gasteiger partial charge >= 0.3 is 5.97 Å². The van der Waals surface area contributed by atoms with Crippen molar-refractivity contribution >= 4 is 29.4 Å². The third kappa shape index (κ3) is 6.38. The Kier molecular flexibility index (Phi) is 7.25. The van der Waals surface area contributed by atoms with Crippen molar-refractivity contribution in [2.24, 2.45) is 0 Å². The molecule has 0 aliphatic heterocycles. The van der Waals surface area contributed by atoms with E-state index < -0.39 is 18.0 Å². The van der Waals surface area contributed by atoms with Crippen molar-refractivity contribution < 1.29 is 19.1 Å². The van der Waals surface area contributed by atoms with Crippen molar-refractivity contribution in [3.8, 4) is 0 Å². The van der Waals surface area contributed by atoms with Gasteiger partial charge in [0.2, 0.25) is 0 Å². The predicted octanol–water partition coefficient (Wildman–Crippen LogP) is 2.45. The van der Waals surface area contributed by atoms with E-state index >= 15 is 0 Å². The highest BCUT2D eigenvalue weighted by atomic mass is 35.5. The molecule has 1 aromatic rings. The lowest BCUT2D eigenvalue weighted by Crippen LogP contribution is -2.43. The second kappa shape index (κ2) is 9.42. The highest BCUT2D eigenvalue weighted by Gasteiger charge is 2.22. The van der Waals surface area contributed by atoms with Gasteiger partial charge in [-0.25, -0.2) is 0 Å². The van der Waals surface area contributed by atoms with Crippen LogP contribution in [0.1, 0.15) is 49.4 Å². The molecule has 0 spiro atoms. The molecular formula is C18H23ClN2O4. The van der Waals surface area contributed by atoms with Crippen molar-refractivity contribution in [2.45, 2.75) is 51.2 Å². The maximum atomic E-state index is 12.1. The first kappa shape index (κ1) is 19.2. The number of amides is 2. The molecule has 0 saturated heterocycles. The summed E-state index contributed by atoms with van der Waals surface area (Å²) in [6, 6.07) is 6.46. The summed E-state index contributed by atoms with van der Waals surface area (Å²) in [6.45, 7) is 1.22. The van der Waals surface area contributed by atoms with Gasteiger partial charge < -0.3 is 15.4 Å². The molecule has 1 fully saturated rings. The highest BCUT2D eigenvalue weighted by molar-refractivity contribution is 6.30. The van der Waals surface area contributed by atoms with Gasteiger partial charge in [0.05, 0.1) is 0 Å². The van der Waals surface area contributed by atoms with E-state index in [1.807, 2.05) is 0 Å². The van der Waals surface area contributed by atoms with Gasteiger partial charge in [0, 0.05) is 16.6 Å². The Morgan fingerprint density at radius 3 is 2.44 bits per heavy atom. The number of benzene rings is 1. The zero-order valence-electron chi connectivity index (χ0n) is 14.2. The molecule has 1 aromatic carbocycles. The van der Waals surface area contributed by atoms with E-state index in [1.54, 1.807) is 24.3 Å². The number of esters is 1. The molecule has 0 heterocycles. The third-order valence-corrected chi connectivity index (χ3v) is 4.38. The second-order valence-corrected chi connectivity index (χ2v) is 6.60. The number of hydrogen-bond donors (Lipinski definition) is 2. The van der Waals surface area contributed by atoms with Crippen molar-refractivity contribution in [1.82, 2.24) is 10.6 Å². The summed E-state index contributed by atoms with van der Waals surface area (Å²) in [5.41, 5.74) is 0.389. The Labute approximate surface area is 152 Å². The van der Waals surface area contributed by atoms with Gasteiger partial charge in [-0.15, -0.1) is 0 Å². The molecule has 2 rings (SSSR count). The summed E-state index contributed by atoms with van der Waals surface area (Å²) in [5.74, 6) is -1.37. The summed E-state index contributed by atoms with van der Waals surface area (Å²) in [5, 5.41) is 5.88. The van der Waals surface area contributed by atoms with Gasteiger partial charge in [-0.05, 0) is 44.0 Å². The number of ether oxygens (including phenoxy) is 1. The lowest BCUT2D eigenvalue weighted by Gasteiger charge is -2.24. The maximum absolute atomic E-state index is 12.1. The Morgan fingerprint density at radius 1 is 1.16 bits per heavy atom. The first-order valence-corrected chi connectivity index (χ1v) is 8.87. The fourth-order valence-electron chi connectivity index (χ4n) is 2.71. The summed E-state index contributed by atoms with van der Waals surface area (Å²) < 4.78 is 5.07. The van der Waals surface area contributed by atoms with Gasteiger partial charge in [0.1, 0.15) is 6.54 Å². The van der Waals surface area contributed by atoms with E-state index in [-0.39, 0.29) is 18.5 Å². The Bertz CT molecular complexity index is 612. The molecule has 2 amide bonds. The van der Waals surface area contributed by atoms with Gasteiger partial charge in [-0.1, -0.05) is 30.9 Å². The monoisotopic (exact) mass is 366 g/mol. The van der Waals surface area contributed by atoms with Crippen LogP contribution in [0.4, 0.5) is 0 Å². The molecule has 1 saturated carbocycles. The Hall–Kier alpha value is -2.08. The van der Waals surface area contributed by atoms with Crippen LogP contribution in [0.25, 0.3) is 0 Å². The van der Waals surface area contributed by atoms with Crippen LogP contribution in [-0.4, -0.2) is 36.5 Å². The molecule has 6 nitrogen and oxygen atoms in total. The van der Waals surface area contributed by atoms with Crippen LogP contribution in [0.2, 0.25) is 5.02 Å². The van der Waals surface area contributed by atoms with E-state index in [1.165, 1.54) is 13.3 Å². The number of rotatable bonds is 6. The topological polar surface area (TPSA) is 84.5 Å². The van der Waals surface area contributed by atoms with Crippen molar-refractivity contribution in [3.05, 3.63) is 34.9 Å². The molecule has 0 bridgehead atoms. The molecule has 25 heavy (non-hydrogen) atoms. The smallest absolute Gasteiger partial charge is 0.326 e. The minimum Gasteiger partial charge on any atom is -0.451 e. The Morgan fingerprint density at radius 2 is 1.80 bits per heavy atom. The maximum Gasteiger partial charge on any atom is 0.326 e. The van der Waals surface area contributed by atoms with Crippen LogP contribution in [0, 0.1) is 0 Å². The molecular weight excluding hydrogens is 344 g/mol. The van der Waals surface area contributed by atoms with Crippen LogP contribution in [-0.2, 0) is 14.3 Å². The third-order valence-electron chi connectivity index (χ3n) is 4.13. The lowest BCUT2D eigenvalue weighted by atomic mass is 9.95. The summed E-state index contributed by atoms with van der Waals surface area (Å²) in [7, 11) is 0. The zero-order chi connectivity index (χ0) is 18.2. The highest BCUT2D eigenvalue weighted by Crippen LogP contribution is 2.17. The van der Waals surface area contributed by atoms with Gasteiger partial charge in [-0.2, -0.15) is 0 Å². The number of carbonyl (C=O) groups excluding carboxylic acids is 3. The molecule has 7 heteroatoms. The van der Waals surface area contributed by atoms with Crippen LogP contribution in [0.3, 0.4) is 0 Å². The lowest BCUT2D eigenvalue weighted by molar-refractivity contribution is -0.154. The number of carbonyl (C=O) groups is 3. The summed E-state index contributed by atoms with van der Waals surface area (Å²) in [4.78, 5) is 35.8. The number of hydrogen-bond acceptors (Lipinski definition) is 4. The predicted molar refractivity (Wildman–Crippen MR) is 94.4 cm³/mol. The van der Waals surface area contributed by atoms with Crippen LogP contribution < -0.4 is 10.6 Å². The second-order valence-electron chi connectivity index (χ2n) is 6.17. The molecule has 0 radical (unpaired) electrons. The van der Waals surface area contributed by atoms with Crippen molar-refractivity contribution in [2.75, 3.05) is 6.54 Å². The van der Waals surface area contributed by atoms with E-state index in [9.17, 15) is 14.4 Å². The largest absolute Gasteiger partial charge is 0.451 e. The Balaban J connectivity index is 1.72. The minimum absolute atomic E-state index is 0.159. The number of halogens is 1. The van der Waals surface area contributed by atoms with Crippen LogP contribution in [0.5, 0.6) is 0 Å². The van der Waals surface area contributed by atoms with E-state index in [2.05, 4.69) is 10.6 Å². The molecule has 2 N–H and O–H groups in total. The van der Waals surface area contributed by atoms with E-state index in [0.717, 1.165) is 25.7 Å². The fourth-order valence-corrected chi connectivity index (χ4v) is 2.84. The number of nitrogens with one attached hydrogen (secondary N) is 2.